The quantitative estimate of drug-likeness (QED) is 0.435. The number of fused-ring (bicyclic) bond motifs is 1. The average Bonchev–Trinajstić information content (AvgIpc) is 3.42. The maximum atomic E-state index is 14.6. The van der Waals surface area contributed by atoms with Gasteiger partial charge in [-0.05, 0) is 37.1 Å². The largest absolute Gasteiger partial charge is 0.494 e. The monoisotopic (exact) mass is 463 g/mol. The number of rotatable bonds is 6. The lowest BCUT2D eigenvalue weighted by Gasteiger charge is -2.21. The van der Waals surface area contributed by atoms with Crippen molar-refractivity contribution in [1.82, 2.24) is 19.1 Å². The van der Waals surface area contributed by atoms with Gasteiger partial charge in [-0.3, -0.25) is 14.1 Å². The number of aromatic nitrogens is 4. The molecular formula is C25H26FN5O3. The van der Waals surface area contributed by atoms with Crippen LogP contribution in [-0.2, 0) is 6.54 Å². The smallest absolute Gasteiger partial charge is 0.329 e. The minimum Gasteiger partial charge on any atom is -0.494 e. The molecule has 4 aromatic rings. The lowest BCUT2D eigenvalue weighted by atomic mass is 10.2. The first kappa shape index (κ1) is 21.9. The molecule has 1 aliphatic rings. The molecule has 1 unspecified atom stereocenters. The van der Waals surface area contributed by atoms with Crippen molar-refractivity contribution in [2.45, 2.75) is 25.9 Å². The van der Waals surface area contributed by atoms with Crippen molar-refractivity contribution in [2.75, 3.05) is 32.2 Å². The molecule has 8 nitrogen and oxygen atoms in total. The van der Waals surface area contributed by atoms with E-state index in [9.17, 15) is 9.18 Å². The number of nitrogens with zero attached hydrogens (tertiary/aromatic N) is 5. The van der Waals surface area contributed by atoms with Gasteiger partial charge in [0, 0.05) is 25.5 Å². The number of hydrogen-bond donors (Lipinski definition) is 0. The SMILES string of the molecule is COc1nccnc1Cn1c(=O)n(C2CCN(c3c(C)cccc3F)C2)c2cccc(OC)c21. The van der Waals surface area contributed by atoms with E-state index < -0.39 is 0 Å². The van der Waals surface area contributed by atoms with Crippen molar-refractivity contribution in [1.29, 1.82) is 0 Å². The molecule has 34 heavy (non-hydrogen) atoms. The van der Waals surface area contributed by atoms with E-state index in [1.807, 2.05) is 36.1 Å². The Morgan fingerprint density at radius 2 is 1.88 bits per heavy atom. The summed E-state index contributed by atoms with van der Waals surface area (Å²) in [4.78, 5) is 24.4. The second kappa shape index (κ2) is 8.81. The Bertz CT molecular complexity index is 1390. The van der Waals surface area contributed by atoms with Crippen LogP contribution in [0.5, 0.6) is 11.6 Å². The molecule has 2 aromatic heterocycles. The first-order valence-corrected chi connectivity index (χ1v) is 11.1. The Morgan fingerprint density at radius 3 is 2.65 bits per heavy atom. The minimum atomic E-state index is -0.244. The molecule has 0 bridgehead atoms. The van der Waals surface area contributed by atoms with Crippen molar-refractivity contribution in [3.63, 3.8) is 0 Å². The summed E-state index contributed by atoms with van der Waals surface area (Å²) in [6.07, 6.45) is 3.84. The summed E-state index contributed by atoms with van der Waals surface area (Å²) in [5.41, 5.74) is 3.31. The van der Waals surface area contributed by atoms with Gasteiger partial charge < -0.3 is 14.4 Å². The summed E-state index contributed by atoms with van der Waals surface area (Å²) in [5, 5.41) is 0. The van der Waals surface area contributed by atoms with Gasteiger partial charge in [0.25, 0.3) is 0 Å². The summed E-state index contributed by atoms with van der Waals surface area (Å²) < 4.78 is 29.0. The number of methoxy groups -OCH3 is 2. The molecule has 3 heterocycles. The predicted molar refractivity (Wildman–Crippen MR) is 127 cm³/mol. The molecule has 1 saturated heterocycles. The highest BCUT2D eigenvalue weighted by atomic mass is 19.1. The molecule has 176 valence electrons. The van der Waals surface area contributed by atoms with Crippen LogP contribution in [0.4, 0.5) is 10.1 Å². The summed E-state index contributed by atoms with van der Waals surface area (Å²) in [7, 11) is 3.11. The molecule has 0 aliphatic carbocycles. The van der Waals surface area contributed by atoms with E-state index in [1.165, 1.54) is 13.2 Å². The molecule has 0 amide bonds. The summed E-state index contributed by atoms with van der Waals surface area (Å²) in [6, 6.07) is 10.6. The molecule has 0 saturated carbocycles. The normalized spacial score (nSPS) is 15.8. The van der Waals surface area contributed by atoms with E-state index in [-0.39, 0.29) is 24.1 Å². The second-order valence-electron chi connectivity index (χ2n) is 8.37. The van der Waals surface area contributed by atoms with Crippen LogP contribution in [0.1, 0.15) is 23.7 Å². The second-order valence-corrected chi connectivity index (χ2v) is 8.37. The maximum absolute atomic E-state index is 14.6. The molecule has 9 heteroatoms. The van der Waals surface area contributed by atoms with Crippen LogP contribution in [0.3, 0.4) is 0 Å². The van der Waals surface area contributed by atoms with E-state index in [1.54, 1.807) is 34.7 Å². The lowest BCUT2D eigenvalue weighted by molar-refractivity contribution is 0.387. The standard InChI is InChI=1S/C25H26FN5O3/c1-16-6-4-7-18(26)22(16)29-13-10-17(14-29)31-20-8-5-9-21(33-2)23(20)30(25(31)32)15-19-24(34-3)28-12-11-27-19/h4-9,11-12,17H,10,13-15H2,1-3H3. The van der Waals surface area contributed by atoms with Crippen molar-refractivity contribution >= 4 is 16.7 Å². The van der Waals surface area contributed by atoms with Crippen molar-refractivity contribution in [2.24, 2.45) is 0 Å². The molecule has 1 atom stereocenters. The molecule has 1 aliphatic heterocycles. The number of benzene rings is 2. The fourth-order valence-electron chi connectivity index (χ4n) is 4.93. The van der Waals surface area contributed by atoms with Crippen LogP contribution in [-0.4, -0.2) is 46.4 Å². The third-order valence-corrected chi connectivity index (χ3v) is 6.43. The van der Waals surface area contributed by atoms with E-state index in [0.29, 0.717) is 41.6 Å². The van der Waals surface area contributed by atoms with Crippen molar-refractivity contribution in [3.05, 3.63) is 76.4 Å². The zero-order chi connectivity index (χ0) is 23.8. The number of para-hydroxylation sites is 2. The highest BCUT2D eigenvalue weighted by molar-refractivity contribution is 5.83. The Hall–Kier alpha value is -3.88. The number of ether oxygens (including phenoxy) is 2. The van der Waals surface area contributed by atoms with Gasteiger partial charge in [0.15, 0.2) is 0 Å². The van der Waals surface area contributed by atoms with E-state index in [2.05, 4.69) is 9.97 Å². The first-order valence-electron chi connectivity index (χ1n) is 11.1. The third kappa shape index (κ3) is 3.57. The van der Waals surface area contributed by atoms with Crippen LogP contribution in [0.25, 0.3) is 11.0 Å². The Balaban J connectivity index is 1.60. The molecule has 0 N–H and O–H groups in total. The Labute approximate surface area is 196 Å². The molecule has 2 aromatic carbocycles. The minimum absolute atomic E-state index is 0.119. The van der Waals surface area contributed by atoms with Gasteiger partial charge in [0.05, 0.1) is 38.0 Å². The van der Waals surface area contributed by atoms with Gasteiger partial charge in [0.2, 0.25) is 5.88 Å². The first-order chi connectivity index (χ1) is 16.5. The van der Waals surface area contributed by atoms with Crippen LogP contribution < -0.4 is 20.1 Å². The fourth-order valence-corrected chi connectivity index (χ4v) is 4.93. The Kier molecular flexibility index (Phi) is 5.69. The number of hydrogen-bond acceptors (Lipinski definition) is 6. The maximum Gasteiger partial charge on any atom is 0.329 e. The van der Waals surface area contributed by atoms with Gasteiger partial charge in [-0.2, -0.15) is 0 Å². The highest BCUT2D eigenvalue weighted by Crippen LogP contribution is 2.34. The summed E-state index contributed by atoms with van der Waals surface area (Å²) in [5.74, 6) is 0.718. The molecule has 0 spiro atoms. The molecular weight excluding hydrogens is 437 g/mol. The fraction of sp³-hybridized carbons (Fsp3) is 0.320. The molecule has 0 radical (unpaired) electrons. The predicted octanol–water partition coefficient (Wildman–Crippen LogP) is 3.56. The highest BCUT2D eigenvalue weighted by Gasteiger charge is 2.31. The van der Waals surface area contributed by atoms with Crippen LogP contribution in [0.15, 0.2) is 53.6 Å². The average molecular weight is 464 g/mol. The van der Waals surface area contributed by atoms with Gasteiger partial charge in [-0.1, -0.05) is 18.2 Å². The van der Waals surface area contributed by atoms with Crippen LogP contribution in [0.2, 0.25) is 0 Å². The number of anilines is 1. The van der Waals surface area contributed by atoms with Gasteiger partial charge >= 0.3 is 5.69 Å². The summed E-state index contributed by atoms with van der Waals surface area (Å²) >= 11 is 0. The van der Waals surface area contributed by atoms with Crippen molar-refractivity contribution in [3.8, 4) is 11.6 Å². The van der Waals surface area contributed by atoms with E-state index in [0.717, 1.165) is 17.5 Å². The van der Waals surface area contributed by atoms with E-state index >= 15 is 0 Å². The topological polar surface area (TPSA) is 74.4 Å². The van der Waals surface area contributed by atoms with Crippen molar-refractivity contribution < 1.29 is 13.9 Å². The number of imidazole rings is 1. The van der Waals surface area contributed by atoms with E-state index in [4.69, 9.17) is 9.47 Å². The van der Waals surface area contributed by atoms with Gasteiger partial charge in [-0.15, -0.1) is 0 Å². The number of halogens is 1. The molecule has 5 rings (SSSR count). The summed E-state index contributed by atoms with van der Waals surface area (Å²) in [6.45, 7) is 3.28. The number of aryl methyl sites for hydroxylation is 1. The van der Waals surface area contributed by atoms with Crippen LogP contribution in [0, 0.1) is 12.7 Å². The van der Waals surface area contributed by atoms with Crippen LogP contribution >= 0.6 is 0 Å². The zero-order valence-electron chi connectivity index (χ0n) is 19.4. The third-order valence-electron chi connectivity index (χ3n) is 6.43. The zero-order valence-corrected chi connectivity index (χ0v) is 19.4. The lowest BCUT2D eigenvalue weighted by Crippen LogP contribution is -2.30. The Morgan fingerprint density at radius 1 is 1.09 bits per heavy atom. The van der Waals surface area contributed by atoms with Gasteiger partial charge in [-0.25, -0.2) is 14.2 Å². The molecule has 1 fully saturated rings. The van der Waals surface area contributed by atoms with Gasteiger partial charge in [0.1, 0.15) is 22.8 Å².